The van der Waals surface area contributed by atoms with E-state index in [2.05, 4.69) is 9.97 Å². The van der Waals surface area contributed by atoms with Gasteiger partial charge in [0.2, 0.25) is 0 Å². The molecule has 1 aliphatic rings. The summed E-state index contributed by atoms with van der Waals surface area (Å²) in [6, 6.07) is 6.30. The predicted molar refractivity (Wildman–Crippen MR) is 100.0 cm³/mol. The molecule has 0 aliphatic carbocycles. The summed E-state index contributed by atoms with van der Waals surface area (Å²) in [7, 11) is 0. The molecule has 4 heterocycles. The van der Waals surface area contributed by atoms with Crippen LogP contribution in [0.3, 0.4) is 0 Å². The molecule has 0 unspecified atom stereocenters. The second kappa shape index (κ2) is 7.41. The van der Waals surface area contributed by atoms with Crippen molar-refractivity contribution in [2.24, 2.45) is 0 Å². The smallest absolute Gasteiger partial charge is 0.348 e. The Balaban J connectivity index is 1.41. The number of urea groups is 1. The Morgan fingerprint density at radius 3 is 2.71 bits per heavy atom. The highest BCUT2D eigenvalue weighted by Gasteiger charge is 2.27. The summed E-state index contributed by atoms with van der Waals surface area (Å²) >= 11 is 0. The molecule has 0 radical (unpaired) electrons. The zero-order valence-corrected chi connectivity index (χ0v) is 15.4. The lowest BCUT2D eigenvalue weighted by Crippen LogP contribution is -2.51. The van der Waals surface area contributed by atoms with E-state index in [1.54, 1.807) is 24.4 Å². The van der Waals surface area contributed by atoms with Crippen LogP contribution in [0, 0.1) is 12.7 Å². The van der Waals surface area contributed by atoms with Gasteiger partial charge in [-0.3, -0.25) is 9.38 Å². The van der Waals surface area contributed by atoms with E-state index in [1.165, 1.54) is 11.1 Å². The van der Waals surface area contributed by atoms with E-state index in [-0.39, 0.29) is 11.7 Å². The van der Waals surface area contributed by atoms with Crippen LogP contribution in [0.1, 0.15) is 11.4 Å². The minimum Gasteiger partial charge on any atom is -0.366 e. The largest absolute Gasteiger partial charge is 0.366 e. The third-order valence-electron chi connectivity index (χ3n) is 4.94. The predicted octanol–water partition coefficient (Wildman–Crippen LogP) is 2.81. The number of aromatic nitrogens is 3. The molecule has 1 fully saturated rings. The fourth-order valence-corrected chi connectivity index (χ4v) is 3.52. The molecular formula is C19H20F2N6O. The van der Waals surface area contributed by atoms with Gasteiger partial charge in [-0.1, -0.05) is 10.5 Å². The highest BCUT2D eigenvalue weighted by Crippen LogP contribution is 2.20. The maximum atomic E-state index is 14.6. The Hall–Kier alpha value is -3.23. The number of imidazole rings is 1. The first-order valence-corrected chi connectivity index (χ1v) is 9.03. The number of amides is 2. The number of halogens is 2. The third kappa shape index (κ3) is 3.35. The van der Waals surface area contributed by atoms with E-state index >= 15 is 0 Å². The molecule has 9 heteroatoms. The van der Waals surface area contributed by atoms with Crippen LogP contribution < -0.4 is 4.90 Å². The first-order chi connectivity index (χ1) is 13.5. The standard InChI is InChI=1S/C19H20F2N6O/c1-14-11-23-18-4-2-3-15(27(14)18)13-26(21)19(28)25-9-7-24(8-10-25)17-5-6-22-12-16(17)20/h2-6,11-12H,7-10,13H2,1H3. The van der Waals surface area contributed by atoms with E-state index in [0.717, 1.165) is 11.9 Å². The third-order valence-corrected chi connectivity index (χ3v) is 4.94. The molecule has 0 spiro atoms. The van der Waals surface area contributed by atoms with Crippen molar-refractivity contribution < 1.29 is 13.7 Å². The lowest BCUT2D eigenvalue weighted by atomic mass is 10.2. The van der Waals surface area contributed by atoms with Gasteiger partial charge in [-0.15, -0.1) is 0 Å². The second-order valence-corrected chi connectivity index (χ2v) is 6.71. The van der Waals surface area contributed by atoms with Gasteiger partial charge >= 0.3 is 6.03 Å². The molecule has 2 amide bonds. The second-order valence-electron chi connectivity index (χ2n) is 6.71. The quantitative estimate of drug-likeness (QED) is 0.650. The van der Waals surface area contributed by atoms with E-state index < -0.39 is 11.8 Å². The normalized spacial score (nSPS) is 14.5. The Labute approximate surface area is 160 Å². The molecule has 3 aromatic rings. The topological polar surface area (TPSA) is 57.0 Å². The number of rotatable bonds is 3. The first-order valence-electron chi connectivity index (χ1n) is 9.03. The summed E-state index contributed by atoms with van der Waals surface area (Å²) in [4.78, 5) is 23.8. The number of aryl methyl sites for hydroxylation is 1. The minimum atomic E-state index is -0.690. The van der Waals surface area contributed by atoms with Gasteiger partial charge in [-0.05, 0) is 25.1 Å². The Bertz CT molecular complexity index is 999. The summed E-state index contributed by atoms with van der Waals surface area (Å²) in [6.45, 7) is 3.19. The molecule has 0 aromatic carbocycles. The Kier molecular flexibility index (Phi) is 4.81. The van der Waals surface area contributed by atoms with Crippen LogP contribution in [0.5, 0.6) is 0 Å². The molecule has 1 saturated heterocycles. The van der Waals surface area contributed by atoms with Crippen LogP contribution in [-0.2, 0) is 6.54 Å². The molecule has 7 nitrogen and oxygen atoms in total. The molecule has 146 valence electrons. The molecule has 0 atom stereocenters. The van der Waals surface area contributed by atoms with Crippen molar-refractivity contribution in [1.29, 1.82) is 0 Å². The van der Waals surface area contributed by atoms with Gasteiger partial charge in [0.25, 0.3) is 0 Å². The maximum absolute atomic E-state index is 14.6. The van der Waals surface area contributed by atoms with Crippen LogP contribution in [0.25, 0.3) is 5.65 Å². The van der Waals surface area contributed by atoms with Gasteiger partial charge in [-0.25, -0.2) is 14.2 Å². The number of hydrogen-bond donors (Lipinski definition) is 0. The van der Waals surface area contributed by atoms with Crippen molar-refractivity contribution >= 4 is 17.4 Å². The van der Waals surface area contributed by atoms with Crippen LogP contribution >= 0.6 is 0 Å². The van der Waals surface area contributed by atoms with Crippen molar-refractivity contribution in [3.8, 4) is 0 Å². The lowest BCUT2D eigenvalue weighted by molar-refractivity contribution is 0.0318. The number of nitrogens with zero attached hydrogens (tertiary/aromatic N) is 6. The number of carbonyl (C=O) groups is 1. The van der Waals surface area contributed by atoms with Crippen molar-refractivity contribution in [3.63, 3.8) is 0 Å². The first kappa shape index (κ1) is 18.1. The zero-order chi connectivity index (χ0) is 19.7. The summed E-state index contributed by atoms with van der Waals surface area (Å²) in [6.07, 6.45) is 4.40. The van der Waals surface area contributed by atoms with Crippen LogP contribution in [-0.4, -0.2) is 56.6 Å². The van der Waals surface area contributed by atoms with Crippen molar-refractivity contribution in [3.05, 3.63) is 60.1 Å². The monoisotopic (exact) mass is 386 g/mol. The van der Waals surface area contributed by atoms with Gasteiger partial charge in [0, 0.05) is 50.0 Å². The summed E-state index contributed by atoms with van der Waals surface area (Å²) in [5.74, 6) is -0.404. The molecule has 0 N–H and O–H groups in total. The maximum Gasteiger partial charge on any atom is 0.348 e. The van der Waals surface area contributed by atoms with Crippen LogP contribution in [0.15, 0.2) is 42.9 Å². The number of carbonyl (C=O) groups excluding carboxylic acids is 1. The molecule has 1 aliphatic heterocycles. The molecule has 0 saturated carbocycles. The van der Waals surface area contributed by atoms with Crippen molar-refractivity contribution in [1.82, 2.24) is 24.4 Å². The zero-order valence-electron chi connectivity index (χ0n) is 15.4. The van der Waals surface area contributed by atoms with Crippen molar-refractivity contribution in [2.75, 3.05) is 31.1 Å². The van der Waals surface area contributed by atoms with Crippen LogP contribution in [0.4, 0.5) is 19.4 Å². The molecular weight excluding hydrogens is 366 g/mol. The highest BCUT2D eigenvalue weighted by atomic mass is 19.2. The minimum absolute atomic E-state index is 0.174. The highest BCUT2D eigenvalue weighted by molar-refractivity contribution is 5.73. The number of fused-ring (bicyclic) bond motifs is 1. The average molecular weight is 386 g/mol. The molecule has 3 aromatic heterocycles. The molecule has 0 bridgehead atoms. The van der Waals surface area contributed by atoms with Gasteiger partial charge in [-0.2, -0.15) is 5.12 Å². The van der Waals surface area contributed by atoms with E-state index in [9.17, 15) is 13.7 Å². The van der Waals surface area contributed by atoms with E-state index in [1.807, 2.05) is 22.3 Å². The van der Waals surface area contributed by atoms with Gasteiger partial charge in [0.15, 0.2) is 5.82 Å². The Morgan fingerprint density at radius 2 is 1.96 bits per heavy atom. The fourth-order valence-electron chi connectivity index (χ4n) is 3.52. The average Bonchev–Trinajstić information content (AvgIpc) is 3.10. The SMILES string of the molecule is Cc1cnc2cccc(CN(F)C(=O)N3CCN(c4ccncc4F)CC3)n12. The van der Waals surface area contributed by atoms with Gasteiger partial charge in [0.05, 0.1) is 18.4 Å². The number of anilines is 1. The summed E-state index contributed by atoms with van der Waals surface area (Å²) < 4.78 is 30.3. The molecule has 4 rings (SSSR count). The van der Waals surface area contributed by atoms with Gasteiger partial charge < -0.3 is 9.80 Å². The van der Waals surface area contributed by atoms with Gasteiger partial charge in [0.1, 0.15) is 5.65 Å². The Morgan fingerprint density at radius 1 is 1.18 bits per heavy atom. The lowest BCUT2D eigenvalue weighted by Gasteiger charge is -2.36. The fraction of sp³-hybridized carbons (Fsp3) is 0.316. The number of pyridine rings is 2. The number of piperazine rings is 1. The van der Waals surface area contributed by atoms with Crippen LogP contribution in [0.2, 0.25) is 0 Å². The van der Waals surface area contributed by atoms with E-state index in [4.69, 9.17) is 0 Å². The van der Waals surface area contributed by atoms with E-state index in [0.29, 0.717) is 43.2 Å². The summed E-state index contributed by atoms with van der Waals surface area (Å²) in [5, 5.41) is 0.219. The number of hydrogen-bond acceptors (Lipinski definition) is 4. The molecule has 28 heavy (non-hydrogen) atoms. The van der Waals surface area contributed by atoms with Crippen molar-refractivity contribution in [2.45, 2.75) is 13.5 Å². The summed E-state index contributed by atoms with van der Waals surface area (Å²) in [5.41, 5.74) is 2.67.